The van der Waals surface area contributed by atoms with Crippen molar-refractivity contribution in [3.05, 3.63) is 0 Å². The Hall–Kier alpha value is -0.120. The summed E-state index contributed by atoms with van der Waals surface area (Å²) in [5.41, 5.74) is 0. The molecule has 0 spiro atoms. The molecule has 3 rings (SSSR count). The fourth-order valence-corrected chi connectivity index (χ4v) is 3.95. The average molecular weight is 279 g/mol. The van der Waals surface area contributed by atoms with Crippen molar-refractivity contribution in [2.24, 2.45) is 5.92 Å². The van der Waals surface area contributed by atoms with E-state index in [1.165, 1.54) is 71.2 Å². The van der Waals surface area contributed by atoms with Crippen LogP contribution >= 0.6 is 0 Å². The molecule has 0 aromatic rings. The van der Waals surface area contributed by atoms with E-state index in [0.29, 0.717) is 0 Å². The maximum Gasteiger partial charge on any atom is 0.0113 e. The molecule has 1 saturated heterocycles. The molecule has 3 fully saturated rings. The van der Waals surface area contributed by atoms with Gasteiger partial charge in [-0.1, -0.05) is 19.8 Å². The number of nitrogens with zero attached hydrogens (tertiary/aromatic N) is 2. The third-order valence-corrected chi connectivity index (χ3v) is 5.90. The maximum absolute atomic E-state index is 3.69. The van der Waals surface area contributed by atoms with Gasteiger partial charge in [0.1, 0.15) is 0 Å². The third kappa shape index (κ3) is 3.75. The maximum atomic E-state index is 3.69. The lowest BCUT2D eigenvalue weighted by Gasteiger charge is -2.42. The fourth-order valence-electron chi connectivity index (χ4n) is 3.95. The Balaban J connectivity index is 1.39. The first kappa shape index (κ1) is 14.8. The lowest BCUT2D eigenvalue weighted by molar-refractivity contribution is 0.0589. The van der Waals surface area contributed by atoms with Gasteiger partial charge in [0.25, 0.3) is 0 Å². The molecule has 20 heavy (non-hydrogen) atoms. The molecular formula is C17H33N3. The smallest absolute Gasteiger partial charge is 0.0113 e. The number of hydrogen-bond acceptors (Lipinski definition) is 3. The highest BCUT2D eigenvalue weighted by Crippen LogP contribution is 2.25. The molecule has 0 amide bonds. The van der Waals surface area contributed by atoms with Gasteiger partial charge < -0.3 is 5.32 Å². The van der Waals surface area contributed by atoms with Crippen LogP contribution in [0.4, 0.5) is 0 Å². The molecule has 3 heteroatoms. The molecule has 2 saturated carbocycles. The topological polar surface area (TPSA) is 18.5 Å². The number of rotatable bonds is 6. The summed E-state index contributed by atoms with van der Waals surface area (Å²) in [4.78, 5) is 5.49. The first-order valence-corrected chi connectivity index (χ1v) is 8.95. The highest BCUT2D eigenvalue weighted by Gasteiger charge is 2.29. The molecule has 0 aromatic carbocycles. The third-order valence-electron chi connectivity index (χ3n) is 5.90. The van der Waals surface area contributed by atoms with E-state index in [1.54, 1.807) is 0 Å². The Morgan fingerprint density at radius 1 is 0.950 bits per heavy atom. The standard InChI is InChI=1S/C17H33N3/c1-14(13-18-16-7-8-16)15(2)19-9-11-20(12-10-19)17-5-3-4-6-17/h14-18H,3-13H2,1-2H3. The highest BCUT2D eigenvalue weighted by atomic mass is 15.3. The van der Waals surface area contributed by atoms with Crippen molar-refractivity contribution in [3.63, 3.8) is 0 Å². The second-order valence-corrected chi connectivity index (χ2v) is 7.41. The summed E-state index contributed by atoms with van der Waals surface area (Å²) in [7, 11) is 0. The summed E-state index contributed by atoms with van der Waals surface area (Å²) in [5.74, 6) is 0.772. The zero-order chi connectivity index (χ0) is 13.9. The van der Waals surface area contributed by atoms with Crippen LogP contribution < -0.4 is 5.32 Å². The highest BCUT2D eigenvalue weighted by molar-refractivity contribution is 4.86. The largest absolute Gasteiger partial charge is 0.314 e. The normalized spacial score (nSPS) is 29.7. The predicted molar refractivity (Wildman–Crippen MR) is 85.1 cm³/mol. The van der Waals surface area contributed by atoms with Crippen LogP contribution in [0.2, 0.25) is 0 Å². The predicted octanol–water partition coefficient (Wildman–Crippen LogP) is 2.32. The van der Waals surface area contributed by atoms with Crippen LogP contribution in [0.3, 0.4) is 0 Å². The van der Waals surface area contributed by atoms with Crippen molar-refractivity contribution in [1.29, 1.82) is 0 Å². The molecule has 0 radical (unpaired) electrons. The second kappa shape index (κ2) is 6.76. The van der Waals surface area contributed by atoms with Gasteiger partial charge in [-0.05, 0) is 45.1 Å². The molecule has 2 aliphatic carbocycles. The summed E-state index contributed by atoms with van der Waals surface area (Å²) >= 11 is 0. The van der Waals surface area contributed by atoms with Crippen molar-refractivity contribution < 1.29 is 0 Å². The van der Waals surface area contributed by atoms with Crippen LogP contribution in [-0.2, 0) is 0 Å². The van der Waals surface area contributed by atoms with Crippen LogP contribution in [-0.4, -0.2) is 60.6 Å². The minimum atomic E-state index is 0.729. The zero-order valence-electron chi connectivity index (χ0n) is 13.5. The Labute approximate surface area is 125 Å². The molecule has 1 N–H and O–H groups in total. The van der Waals surface area contributed by atoms with E-state index in [9.17, 15) is 0 Å². The molecule has 3 nitrogen and oxygen atoms in total. The molecule has 2 unspecified atom stereocenters. The van der Waals surface area contributed by atoms with E-state index in [-0.39, 0.29) is 0 Å². The summed E-state index contributed by atoms with van der Waals surface area (Å²) in [6, 6.07) is 2.50. The van der Waals surface area contributed by atoms with E-state index in [0.717, 1.165) is 24.0 Å². The molecule has 3 aliphatic rings. The summed E-state index contributed by atoms with van der Waals surface area (Å²) in [6.45, 7) is 11.2. The van der Waals surface area contributed by atoms with Gasteiger partial charge in [-0.2, -0.15) is 0 Å². The molecule has 1 aliphatic heterocycles. The van der Waals surface area contributed by atoms with Crippen LogP contribution in [0.15, 0.2) is 0 Å². The van der Waals surface area contributed by atoms with Gasteiger partial charge in [0.2, 0.25) is 0 Å². The quantitative estimate of drug-likeness (QED) is 0.805. The lowest BCUT2D eigenvalue weighted by atomic mass is 10.0. The van der Waals surface area contributed by atoms with Crippen LogP contribution in [0.5, 0.6) is 0 Å². The molecule has 0 bridgehead atoms. The molecule has 2 atom stereocenters. The number of piperazine rings is 1. The van der Waals surface area contributed by atoms with Crippen LogP contribution in [0.1, 0.15) is 52.4 Å². The average Bonchev–Trinajstić information content (AvgIpc) is 3.16. The Bertz CT molecular complexity index is 289. The van der Waals surface area contributed by atoms with Crippen molar-refractivity contribution in [3.8, 4) is 0 Å². The van der Waals surface area contributed by atoms with Gasteiger partial charge in [0, 0.05) is 44.3 Å². The monoisotopic (exact) mass is 279 g/mol. The van der Waals surface area contributed by atoms with Gasteiger partial charge >= 0.3 is 0 Å². The van der Waals surface area contributed by atoms with Crippen molar-refractivity contribution in [2.45, 2.75) is 70.5 Å². The van der Waals surface area contributed by atoms with Crippen molar-refractivity contribution >= 4 is 0 Å². The Kier molecular flexibility index (Phi) is 5.00. The fraction of sp³-hybridized carbons (Fsp3) is 1.00. The van der Waals surface area contributed by atoms with Gasteiger partial charge in [0.05, 0.1) is 0 Å². The Morgan fingerprint density at radius 2 is 1.60 bits per heavy atom. The number of nitrogens with one attached hydrogen (secondary N) is 1. The summed E-state index contributed by atoms with van der Waals surface area (Å²) in [6.07, 6.45) is 8.65. The van der Waals surface area contributed by atoms with Crippen molar-refractivity contribution in [2.75, 3.05) is 32.7 Å². The SMILES string of the molecule is CC(CNC1CC1)C(C)N1CCN(C2CCCC2)CC1. The van der Waals surface area contributed by atoms with Gasteiger partial charge in [-0.25, -0.2) is 0 Å². The Morgan fingerprint density at radius 3 is 2.20 bits per heavy atom. The molecule has 116 valence electrons. The lowest BCUT2D eigenvalue weighted by Crippen LogP contribution is -2.54. The summed E-state index contributed by atoms with van der Waals surface area (Å²) < 4.78 is 0. The second-order valence-electron chi connectivity index (χ2n) is 7.41. The first-order valence-electron chi connectivity index (χ1n) is 8.95. The van der Waals surface area contributed by atoms with Crippen molar-refractivity contribution in [1.82, 2.24) is 15.1 Å². The van der Waals surface area contributed by atoms with E-state index >= 15 is 0 Å². The van der Waals surface area contributed by atoms with Gasteiger partial charge in [-0.3, -0.25) is 9.80 Å². The van der Waals surface area contributed by atoms with Crippen LogP contribution in [0.25, 0.3) is 0 Å². The van der Waals surface area contributed by atoms with E-state index < -0.39 is 0 Å². The summed E-state index contributed by atoms with van der Waals surface area (Å²) in [5, 5.41) is 3.69. The van der Waals surface area contributed by atoms with Gasteiger partial charge in [0.15, 0.2) is 0 Å². The van der Waals surface area contributed by atoms with E-state index in [4.69, 9.17) is 0 Å². The van der Waals surface area contributed by atoms with E-state index in [1.807, 2.05) is 0 Å². The molecular weight excluding hydrogens is 246 g/mol. The molecule has 1 heterocycles. The van der Waals surface area contributed by atoms with E-state index in [2.05, 4.69) is 29.0 Å². The van der Waals surface area contributed by atoms with Crippen LogP contribution in [0, 0.1) is 5.92 Å². The number of hydrogen-bond donors (Lipinski definition) is 1. The minimum Gasteiger partial charge on any atom is -0.314 e. The minimum absolute atomic E-state index is 0.729. The molecule has 0 aromatic heterocycles. The first-order chi connectivity index (χ1) is 9.74. The zero-order valence-corrected chi connectivity index (χ0v) is 13.5. The van der Waals surface area contributed by atoms with Gasteiger partial charge in [-0.15, -0.1) is 0 Å².